The Morgan fingerprint density at radius 2 is 1.15 bits per heavy atom. The molecule has 2 aromatic rings. The van der Waals surface area contributed by atoms with E-state index in [4.69, 9.17) is 11.6 Å². The molecule has 0 saturated carbocycles. The van der Waals surface area contributed by atoms with Crippen LogP contribution < -0.4 is 4.90 Å². The molecule has 5 nitrogen and oxygen atoms in total. The van der Waals surface area contributed by atoms with Crippen molar-refractivity contribution in [1.29, 1.82) is 0 Å². The Hall–Kier alpha value is -2.53. The first-order valence-electron chi connectivity index (χ1n) is 8.57. The molecule has 3 rings (SSSR count). The first kappa shape index (κ1) is 18.3. The Kier molecular flexibility index (Phi) is 5.47. The van der Waals surface area contributed by atoms with Gasteiger partial charge in [0.1, 0.15) is 0 Å². The van der Waals surface area contributed by atoms with Crippen molar-refractivity contribution in [3.8, 4) is 0 Å². The summed E-state index contributed by atoms with van der Waals surface area (Å²) >= 11 is 5.87. The maximum absolute atomic E-state index is 12.7. The highest BCUT2D eigenvalue weighted by atomic mass is 35.5. The lowest BCUT2D eigenvalue weighted by Gasteiger charge is -2.35. The number of nitrogens with zero attached hydrogens (tertiary/aromatic N) is 3. The fourth-order valence-electron chi connectivity index (χ4n) is 2.97. The number of hydrogen-bond donors (Lipinski definition) is 0. The van der Waals surface area contributed by atoms with E-state index in [1.54, 1.807) is 34.1 Å². The molecule has 1 aliphatic rings. The molecule has 1 saturated heterocycles. The minimum absolute atomic E-state index is 0.00824. The zero-order chi connectivity index (χ0) is 18.7. The third-order valence-electron chi connectivity index (χ3n) is 4.58. The summed E-state index contributed by atoms with van der Waals surface area (Å²) in [6, 6.07) is 14.5. The van der Waals surface area contributed by atoms with E-state index in [9.17, 15) is 9.59 Å². The lowest BCUT2D eigenvalue weighted by Crippen LogP contribution is -2.50. The fraction of sp³-hybridized carbons (Fsp3) is 0.300. The van der Waals surface area contributed by atoms with Gasteiger partial charge in [0.05, 0.1) is 0 Å². The number of piperazine rings is 1. The molecule has 2 aromatic carbocycles. The standard InChI is InChI=1S/C20H22ClN3O2/c1-22(2)18-9-5-16(6-10-18)20(26)24-13-11-23(12-14-24)19(25)15-3-7-17(21)8-4-15/h3-10H,11-14H2,1-2H3. The fourth-order valence-corrected chi connectivity index (χ4v) is 3.10. The predicted octanol–water partition coefficient (Wildman–Crippen LogP) is 3.00. The van der Waals surface area contributed by atoms with Crippen LogP contribution in [0.15, 0.2) is 48.5 Å². The molecular formula is C20H22ClN3O2. The highest BCUT2D eigenvalue weighted by Crippen LogP contribution is 2.16. The minimum Gasteiger partial charge on any atom is -0.378 e. The average Bonchev–Trinajstić information content (AvgIpc) is 2.67. The molecule has 0 N–H and O–H groups in total. The molecule has 1 fully saturated rings. The van der Waals surface area contributed by atoms with Crippen LogP contribution in [0.2, 0.25) is 5.02 Å². The lowest BCUT2D eigenvalue weighted by molar-refractivity contribution is 0.0535. The van der Waals surface area contributed by atoms with E-state index in [2.05, 4.69) is 0 Å². The summed E-state index contributed by atoms with van der Waals surface area (Å²) in [6.07, 6.45) is 0. The van der Waals surface area contributed by atoms with Gasteiger partial charge in [-0.05, 0) is 48.5 Å². The molecule has 0 bridgehead atoms. The minimum atomic E-state index is -0.0240. The number of anilines is 1. The first-order chi connectivity index (χ1) is 12.5. The van der Waals surface area contributed by atoms with Crippen LogP contribution in [0, 0.1) is 0 Å². The Balaban J connectivity index is 1.60. The van der Waals surface area contributed by atoms with Gasteiger partial charge in [-0.15, -0.1) is 0 Å². The highest BCUT2D eigenvalue weighted by molar-refractivity contribution is 6.30. The number of carbonyl (C=O) groups excluding carboxylic acids is 2. The van der Waals surface area contributed by atoms with Crippen LogP contribution in [0.3, 0.4) is 0 Å². The van der Waals surface area contributed by atoms with Crippen molar-refractivity contribution in [3.05, 3.63) is 64.7 Å². The summed E-state index contributed by atoms with van der Waals surface area (Å²) in [4.78, 5) is 30.8. The smallest absolute Gasteiger partial charge is 0.253 e. The van der Waals surface area contributed by atoms with E-state index in [1.807, 2.05) is 43.3 Å². The molecule has 0 radical (unpaired) electrons. The Labute approximate surface area is 158 Å². The average molecular weight is 372 g/mol. The molecule has 0 atom stereocenters. The van der Waals surface area contributed by atoms with Gasteiger partial charge in [-0.2, -0.15) is 0 Å². The molecule has 136 valence electrons. The molecule has 1 heterocycles. The quantitative estimate of drug-likeness (QED) is 0.833. The number of halogens is 1. The van der Waals surface area contributed by atoms with E-state index in [0.717, 1.165) is 5.69 Å². The number of amides is 2. The Morgan fingerprint density at radius 1 is 0.769 bits per heavy atom. The van der Waals surface area contributed by atoms with Crippen molar-refractivity contribution >= 4 is 29.1 Å². The summed E-state index contributed by atoms with van der Waals surface area (Å²) in [7, 11) is 3.93. The highest BCUT2D eigenvalue weighted by Gasteiger charge is 2.25. The normalized spacial score (nSPS) is 14.3. The summed E-state index contributed by atoms with van der Waals surface area (Å²) in [5.41, 5.74) is 2.35. The molecule has 0 spiro atoms. The van der Waals surface area contributed by atoms with E-state index in [1.165, 1.54) is 0 Å². The van der Waals surface area contributed by atoms with Crippen molar-refractivity contribution in [1.82, 2.24) is 9.80 Å². The number of hydrogen-bond acceptors (Lipinski definition) is 3. The molecule has 2 amide bonds. The van der Waals surface area contributed by atoms with Gasteiger partial charge in [0.15, 0.2) is 0 Å². The van der Waals surface area contributed by atoms with Crippen molar-refractivity contribution < 1.29 is 9.59 Å². The Morgan fingerprint density at radius 3 is 1.54 bits per heavy atom. The topological polar surface area (TPSA) is 43.9 Å². The third kappa shape index (κ3) is 3.99. The molecule has 0 aliphatic carbocycles. The van der Waals surface area contributed by atoms with Crippen LogP contribution >= 0.6 is 11.6 Å². The van der Waals surface area contributed by atoms with Crippen LogP contribution in [0.1, 0.15) is 20.7 Å². The summed E-state index contributed by atoms with van der Waals surface area (Å²) < 4.78 is 0. The molecule has 0 unspecified atom stereocenters. The summed E-state index contributed by atoms with van der Waals surface area (Å²) in [5, 5.41) is 0.609. The van der Waals surface area contributed by atoms with Gasteiger partial charge < -0.3 is 14.7 Å². The molecule has 26 heavy (non-hydrogen) atoms. The van der Waals surface area contributed by atoms with E-state index >= 15 is 0 Å². The van der Waals surface area contributed by atoms with Crippen LogP contribution in [0.5, 0.6) is 0 Å². The Bertz CT molecular complexity index is 780. The molecule has 6 heteroatoms. The SMILES string of the molecule is CN(C)c1ccc(C(=O)N2CCN(C(=O)c3ccc(Cl)cc3)CC2)cc1. The largest absolute Gasteiger partial charge is 0.378 e. The van der Waals surface area contributed by atoms with Crippen molar-refractivity contribution in [3.63, 3.8) is 0 Å². The van der Waals surface area contributed by atoms with E-state index in [0.29, 0.717) is 42.3 Å². The lowest BCUT2D eigenvalue weighted by atomic mass is 10.1. The van der Waals surface area contributed by atoms with Gasteiger partial charge in [-0.1, -0.05) is 11.6 Å². The number of carbonyl (C=O) groups is 2. The zero-order valence-electron chi connectivity index (χ0n) is 15.0. The molecule has 0 aromatic heterocycles. The first-order valence-corrected chi connectivity index (χ1v) is 8.95. The summed E-state index contributed by atoms with van der Waals surface area (Å²) in [5.74, 6) is -0.0157. The maximum atomic E-state index is 12.7. The third-order valence-corrected chi connectivity index (χ3v) is 4.83. The van der Waals surface area contributed by atoms with Gasteiger partial charge in [0, 0.05) is 62.1 Å². The number of rotatable bonds is 3. The van der Waals surface area contributed by atoms with Crippen molar-refractivity contribution in [2.75, 3.05) is 45.2 Å². The molecule has 1 aliphatic heterocycles. The second-order valence-electron chi connectivity index (χ2n) is 6.53. The number of benzene rings is 2. The van der Waals surface area contributed by atoms with Gasteiger partial charge in [0.25, 0.3) is 11.8 Å². The maximum Gasteiger partial charge on any atom is 0.253 e. The van der Waals surface area contributed by atoms with Gasteiger partial charge in [-0.25, -0.2) is 0 Å². The van der Waals surface area contributed by atoms with Crippen LogP contribution in [0.4, 0.5) is 5.69 Å². The van der Waals surface area contributed by atoms with Gasteiger partial charge in [-0.3, -0.25) is 9.59 Å². The van der Waals surface area contributed by atoms with E-state index in [-0.39, 0.29) is 11.8 Å². The van der Waals surface area contributed by atoms with Crippen LogP contribution in [-0.2, 0) is 0 Å². The van der Waals surface area contributed by atoms with Gasteiger partial charge in [0.2, 0.25) is 0 Å². The second-order valence-corrected chi connectivity index (χ2v) is 6.97. The van der Waals surface area contributed by atoms with Crippen LogP contribution in [0.25, 0.3) is 0 Å². The second kappa shape index (κ2) is 7.79. The van der Waals surface area contributed by atoms with Crippen molar-refractivity contribution in [2.45, 2.75) is 0 Å². The van der Waals surface area contributed by atoms with Crippen LogP contribution in [-0.4, -0.2) is 61.9 Å². The summed E-state index contributed by atoms with van der Waals surface area (Å²) in [6.45, 7) is 2.13. The van der Waals surface area contributed by atoms with Crippen molar-refractivity contribution in [2.24, 2.45) is 0 Å². The molecular weight excluding hydrogens is 350 g/mol. The van der Waals surface area contributed by atoms with E-state index < -0.39 is 0 Å². The zero-order valence-corrected chi connectivity index (χ0v) is 15.7. The predicted molar refractivity (Wildman–Crippen MR) is 104 cm³/mol. The van der Waals surface area contributed by atoms with Gasteiger partial charge >= 0.3 is 0 Å². The monoisotopic (exact) mass is 371 g/mol.